The van der Waals surface area contributed by atoms with Crippen LogP contribution < -0.4 is 5.56 Å². The number of rotatable bonds is 3. The molecular formula is C11H9NO4. The lowest BCUT2D eigenvalue weighted by Gasteiger charge is -1.99. The zero-order valence-electron chi connectivity index (χ0n) is 8.27. The molecule has 2 N–H and O–H groups in total. The average molecular weight is 219 g/mol. The van der Waals surface area contributed by atoms with Crippen LogP contribution in [0.4, 0.5) is 0 Å². The second kappa shape index (κ2) is 4.06. The molecule has 0 bridgehead atoms. The Hall–Kier alpha value is -2.30. The summed E-state index contributed by atoms with van der Waals surface area (Å²) in [6.07, 6.45) is 2.96. The normalized spacial score (nSPS) is 10.2. The molecule has 2 rings (SSSR count). The van der Waals surface area contributed by atoms with Gasteiger partial charge in [-0.2, -0.15) is 0 Å². The van der Waals surface area contributed by atoms with Crippen molar-refractivity contribution in [2.75, 3.05) is 0 Å². The van der Waals surface area contributed by atoms with Crippen LogP contribution in [-0.4, -0.2) is 16.1 Å². The maximum Gasteiger partial charge on any atom is 0.337 e. The Labute approximate surface area is 90.3 Å². The van der Waals surface area contributed by atoms with Crippen molar-refractivity contribution in [2.24, 2.45) is 0 Å². The number of carboxylic acid groups (broad SMARTS) is 1. The van der Waals surface area contributed by atoms with Gasteiger partial charge in [-0.3, -0.25) is 4.79 Å². The third-order valence-corrected chi connectivity index (χ3v) is 2.17. The first kappa shape index (κ1) is 10.2. The fourth-order valence-electron chi connectivity index (χ4n) is 1.39. The van der Waals surface area contributed by atoms with Crippen molar-refractivity contribution >= 4 is 5.97 Å². The first-order chi connectivity index (χ1) is 7.66. The van der Waals surface area contributed by atoms with Crippen molar-refractivity contribution in [3.63, 3.8) is 0 Å². The molecule has 0 aliphatic rings. The van der Waals surface area contributed by atoms with E-state index in [2.05, 4.69) is 4.98 Å². The van der Waals surface area contributed by atoms with E-state index in [4.69, 9.17) is 9.52 Å². The summed E-state index contributed by atoms with van der Waals surface area (Å²) < 4.78 is 5.09. The van der Waals surface area contributed by atoms with Crippen molar-refractivity contribution in [1.29, 1.82) is 0 Å². The SMILES string of the molecule is O=C(O)c1c[nH]c(=O)c(Cc2ccco2)c1. The number of aromatic nitrogens is 1. The molecule has 16 heavy (non-hydrogen) atoms. The van der Waals surface area contributed by atoms with Crippen molar-refractivity contribution in [3.8, 4) is 0 Å². The molecule has 0 fully saturated rings. The first-order valence-corrected chi connectivity index (χ1v) is 4.64. The number of H-pyrrole nitrogens is 1. The summed E-state index contributed by atoms with van der Waals surface area (Å²) in [4.78, 5) is 24.5. The van der Waals surface area contributed by atoms with Crippen LogP contribution in [-0.2, 0) is 6.42 Å². The summed E-state index contributed by atoms with van der Waals surface area (Å²) in [5, 5.41) is 8.78. The molecule has 82 valence electrons. The Balaban J connectivity index is 2.36. The lowest BCUT2D eigenvalue weighted by atomic mass is 10.1. The molecule has 5 heteroatoms. The third-order valence-electron chi connectivity index (χ3n) is 2.17. The molecule has 0 unspecified atom stereocenters. The number of pyridine rings is 1. The van der Waals surface area contributed by atoms with Crippen molar-refractivity contribution < 1.29 is 14.3 Å². The van der Waals surface area contributed by atoms with Gasteiger partial charge in [-0.05, 0) is 18.2 Å². The molecule has 0 atom stereocenters. The average Bonchev–Trinajstić information content (AvgIpc) is 2.73. The van der Waals surface area contributed by atoms with E-state index in [0.717, 1.165) is 0 Å². The van der Waals surface area contributed by atoms with Gasteiger partial charge in [-0.25, -0.2) is 4.79 Å². The van der Waals surface area contributed by atoms with Gasteiger partial charge in [-0.15, -0.1) is 0 Å². The molecule has 0 radical (unpaired) electrons. The minimum atomic E-state index is -1.07. The van der Waals surface area contributed by atoms with Crippen LogP contribution in [0.25, 0.3) is 0 Å². The lowest BCUT2D eigenvalue weighted by Crippen LogP contribution is -2.14. The van der Waals surface area contributed by atoms with Gasteiger partial charge in [0.15, 0.2) is 0 Å². The number of furan rings is 1. The molecule has 0 aliphatic carbocycles. The summed E-state index contributed by atoms with van der Waals surface area (Å²) in [6, 6.07) is 4.79. The van der Waals surface area contributed by atoms with E-state index in [0.29, 0.717) is 11.3 Å². The first-order valence-electron chi connectivity index (χ1n) is 4.64. The van der Waals surface area contributed by atoms with Gasteiger partial charge >= 0.3 is 5.97 Å². The fraction of sp³-hybridized carbons (Fsp3) is 0.0909. The van der Waals surface area contributed by atoms with Gasteiger partial charge in [0, 0.05) is 18.2 Å². The standard InChI is InChI=1S/C11H9NO4/c13-10-7(5-9-2-1-3-16-9)4-8(6-12-10)11(14)15/h1-4,6H,5H2,(H,12,13)(H,14,15). The smallest absolute Gasteiger partial charge is 0.337 e. The number of nitrogens with one attached hydrogen (secondary N) is 1. The van der Waals surface area contributed by atoms with Gasteiger partial charge < -0.3 is 14.5 Å². The molecule has 0 saturated heterocycles. The van der Waals surface area contributed by atoms with E-state index in [1.54, 1.807) is 12.1 Å². The molecule has 2 aromatic rings. The van der Waals surface area contributed by atoms with Gasteiger partial charge in [0.2, 0.25) is 0 Å². The molecule has 0 amide bonds. The number of hydrogen-bond donors (Lipinski definition) is 2. The number of carbonyl (C=O) groups is 1. The highest BCUT2D eigenvalue weighted by Gasteiger charge is 2.08. The zero-order valence-corrected chi connectivity index (χ0v) is 8.27. The summed E-state index contributed by atoms with van der Waals surface area (Å²) in [5.41, 5.74) is 0.123. The van der Waals surface area contributed by atoms with Crippen LogP contribution in [0.1, 0.15) is 21.7 Å². The van der Waals surface area contributed by atoms with Crippen LogP contribution in [0.2, 0.25) is 0 Å². The Morgan fingerprint density at radius 2 is 2.31 bits per heavy atom. The van der Waals surface area contributed by atoms with Gasteiger partial charge in [0.25, 0.3) is 5.56 Å². The van der Waals surface area contributed by atoms with E-state index in [9.17, 15) is 9.59 Å². The lowest BCUT2D eigenvalue weighted by molar-refractivity contribution is 0.0696. The third kappa shape index (κ3) is 2.03. The molecule has 0 spiro atoms. The Morgan fingerprint density at radius 1 is 1.50 bits per heavy atom. The van der Waals surface area contributed by atoms with Crippen molar-refractivity contribution in [2.45, 2.75) is 6.42 Å². The number of aromatic carboxylic acids is 1. The molecule has 0 aromatic carbocycles. The predicted molar refractivity (Wildman–Crippen MR) is 55.5 cm³/mol. The molecule has 5 nitrogen and oxygen atoms in total. The van der Waals surface area contributed by atoms with Gasteiger partial charge in [0.05, 0.1) is 11.8 Å². The largest absolute Gasteiger partial charge is 0.478 e. The molecule has 0 saturated carbocycles. The van der Waals surface area contributed by atoms with E-state index in [1.807, 2.05) is 0 Å². The highest BCUT2D eigenvalue weighted by atomic mass is 16.4. The maximum absolute atomic E-state index is 11.4. The fourth-order valence-corrected chi connectivity index (χ4v) is 1.39. The maximum atomic E-state index is 11.4. The topological polar surface area (TPSA) is 83.3 Å². The van der Waals surface area contributed by atoms with Crippen LogP contribution in [0.5, 0.6) is 0 Å². The predicted octanol–water partition coefficient (Wildman–Crippen LogP) is 1.26. The molecule has 0 aliphatic heterocycles. The summed E-state index contributed by atoms with van der Waals surface area (Å²) in [6.45, 7) is 0. The van der Waals surface area contributed by atoms with Gasteiger partial charge in [0.1, 0.15) is 5.76 Å². The highest BCUT2D eigenvalue weighted by molar-refractivity contribution is 5.87. The zero-order chi connectivity index (χ0) is 11.5. The van der Waals surface area contributed by atoms with E-state index < -0.39 is 5.97 Å². The van der Waals surface area contributed by atoms with E-state index in [-0.39, 0.29) is 17.5 Å². The van der Waals surface area contributed by atoms with Crippen molar-refractivity contribution in [1.82, 2.24) is 4.98 Å². The summed E-state index contributed by atoms with van der Waals surface area (Å²) in [7, 11) is 0. The Bertz CT molecular complexity index is 554. The Morgan fingerprint density at radius 3 is 2.94 bits per heavy atom. The molecule has 2 aromatic heterocycles. The quantitative estimate of drug-likeness (QED) is 0.813. The highest BCUT2D eigenvalue weighted by Crippen LogP contribution is 2.07. The number of carboxylic acids is 1. The van der Waals surface area contributed by atoms with Crippen LogP contribution in [0, 0.1) is 0 Å². The van der Waals surface area contributed by atoms with E-state index in [1.165, 1.54) is 18.5 Å². The summed E-state index contributed by atoms with van der Waals surface area (Å²) >= 11 is 0. The molecule has 2 heterocycles. The summed E-state index contributed by atoms with van der Waals surface area (Å²) in [5.74, 6) is -0.454. The van der Waals surface area contributed by atoms with Crippen LogP contribution >= 0.6 is 0 Å². The minimum Gasteiger partial charge on any atom is -0.478 e. The Kier molecular flexibility index (Phi) is 2.59. The van der Waals surface area contributed by atoms with Crippen LogP contribution in [0.15, 0.2) is 39.9 Å². The van der Waals surface area contributed by atoms with E-state index >= 15 is 0 Å². The molecular weight excluding hydrogens is 210 g/mol. The van der Waals surface area contributed by atoms with Crippen LogP contribution in [0.3, 0.4) is 0 Å². The monoisotopic (exact) mass is 219 g/mol. The number of hydrogen-bond acceptors (Lipinski definition) is 3. The second-order valence-electron chi connectivity index (χ2n) is 3.30. The second-order valence-corrected chi connectivity index (χ2v) is 3.30. The number of aromatic amines is 1. The van der Waals surface area contributed by atoms with Crippen molar-refractivity contribution in [3.05, 3.63) is 57.9 Å². The van der Waals surface area contributed by atoms with Gasteiger partial charge in [-0.1, -0.05) is 0 Å². The minimum absolute atomic E-state index is 0.0566.